The van der Waals surface area contributed by atoms with Crippen LogP contribution in [0.2, 0.25) is 0 Å². The van der Waals surface area contributed by atoms with Crippen molar-refractivity contribution in [1.82, 2.24) is 23.2 Å². The predicted octanol–water partition coefficient (Wildman–Crippen LogP) is 9.77. The van der Waals surface area contributed by atoms with Gasteiger partial charge in [-0.3, -0.25) is 8.80 Å². The second-order valence-corrected chi connectivity index (χ2v) is 13.2. The van der Waals surface area contributed by atoms with Crippen molar-refractivity contribution in [2.24, 2.45) is 0 Å². The van der Waals surface area contributed by atoms with E-state index in [2.05, 4.69) is 154 Å². The first-order valence-corrected chi connectivity index (χ1v) is 15.9. The maximum Gasteiger partial charge on any atom is 0.223 e. The van der Waals surface area contributed by atoms with Gasteiger partial charge in [0.2, 0.25) is 11.6 Å². The molecule has 0 saturated heterocycles. The van der Waals surface area contributed by atoms with E-state index in [4.69, 9.17) is 9.97 Å². The molecule has 6 aromatic carbocycles. The van der Waals surface area contributed by atoms with Gasteiger partial charge in [0.1, 0.15) is 5.52 Å². The minimum absolute atomic E-state index is 0.0183. The van der Waals surface area contributed by atoms with Gasteiger partial charge in [0.15, 0.2) is 0 Å². The Kier molecular flexibility index (Phi) is 4.35. The lowest BCUT2D eigenvalue weighted by atomic mass is 9.81. The number of benzene rings is 6. The zero-order valence-corrected chi connectivity index (χ0v) is 25.4. The molecule has 0 saturated carbocycles. The van der Waals surface area contributed by atoms with Crippen LogP contribution >= 0.6 is 0 Å². The summed E-state index contributed by atoms with van der Waals surface area (Å²) < 4.78 is 6.81. The molecule has 0 amide bonds. The van der Waals surface area contributed by atoms with E-state index in [0.29, 0.717) is 0 Å². The minimum atomic E-state index is -0.0183. The van der Waals surface area contributed by atoms with E-state index in [0.717, 1.165) is 50.2 Å². The summed E-state index contributed by atoms with van der Waals surface area (Å²) in [5.41, 5.74) is 17.9. The Hall–Kier alpha value is -5.94. The van der Waals surface area contributed by atoms with E-state index in [1.165, 1.54) is 44.5 Å². The Balaban J connectivity index is 1.11. The van der Waals surface area contributed by atoms with E-state index < -0.39 is 0 Å². The van der Waals surface area contributed by atoms with Crippen LogP contribution in [0.1, 0.15) is 25.0 Å². The first-order chi connectivity index (χ1) is 22.6. The number of nitrogens with zero attached hydrogens (tertiary/aromatic N) is 5. The molecule has 5 heteroatoms. The Morgan fingerprint density at radius 3 is 1.61 bits per heavy atom. The molecule has 0 aliphatic heterocycles. The zero-order valence-electron chi connectivity index (χ0n) is 25.4. The van der Waals surface area contributed by atoms with Gasteiger partial charge in [-0.1, -0.05) is 98.8 Å². The van der Waals surface area contributed by atoms with Crippen LogP contribution in [-0.4, -0.2) is 23.2 Å². The standard InChI is InChI=1S/C41H27N5/c1-41(2)30-10-4-3-9-28(30)29-20-19-26(21-31(29)41)24-15-17-25(18-16-24)27-22-36-38-37(23-27)45-35-14-8-6-12-33(35)43-40(45)46(38)39-42-32-11-5-7-13-34(32)44(36)39/h3-23H,1-2H3. The molecule has 0 spiro atoms. The van der Waals surface area contributed by atoms with Gasteiger partial charge in [0.25, 0.3) is 0 Å². The van der Waals surface area contributed by atoms with E-state index in [9.17, 15) is 0 Å². The highest BCUT2D eigenvalue weighted by atomic mass is 15.3. The fourth-order valence-electron chi connectivity index (χ4n) is 8.17. The van der Waals surface area contributed by atoms with Gasteiger partial charge in [0, 0.05) is 5.41 Å². The first kappa shape index (κ1) is 24.4. The summed E-state index contributed by atoms with van der Waals surface area (Å²) in [7, 11) is 0. The molecule has 4 heterocycles. The molecule has 0 atom stereocenters. The SMILES string of the molecule is CC1(C)c2ccccc2-c2ccc(-c3ccc(-c4cc5c6c(c4)n4c7ccccc7nc4n6c4nc6ccccc6n54)cc3)cc21. The van der Waals surface area contributed by atoms with Crippen molar-refractivity contribution in [3.05, 3.63) is 139 Å². The molecule has 4 aromatic heterocycles. The second kappa shape index (κ2) is 8.20. The molecule has 11 rings (SSSR count). The number of imidazole rings is 4. The van der Waals surface area contributed by atoms with Crippen molar-refractivity contribution in [2.75, 3.05) is 0 Å². The lowest BCUT2D eigenvalue weighted by Crippen LogP contribution is -2.14. The van der Waals surface area contributed by atoms with Crippen LogP contribution in [0, 0.1) is 0 Å². The maximum absolute atomic E-state index is 5.09. The van der Waals surface area contributed by atoms with Crippen molar-refractivity contribution in [2.45, 2.75) is 19.3 Å². The summed E-state index contributed by atoms with van der Waals surface area (Å²) >= 11 is 0. The number of para-hydroxylation sites is 4. The zero-order chi connectivity index (χ0) is 30.3. The Morgan fingerprint density at radius 2 is 0.957 bits per heavy atom. The predicted molar refractivity (Wildman–Crippen MR) is 187 cm³/mol. The highest BCUT2D eigenvalue weighted by Crippen LogP contribution is 2.49. The number of hydrogen-bond acceptors (Lipinski definition) is 2. The van der Waals surface area contributed by atoms with Crippen molar-refractivity contribution in [3.63, 3.8) is 0 Å². The van der Waals surface area contributed by atoms with E-state index in [1.807, 2.05) is 0 Å². The Morgan fingerprint density at radius 1 is 0.435 bits per heavy atom. The monoisotopic (exact) mass is 589 g/mol. The van der Waals surface area contributed by atoms with Gasteiger partial charge < -0.3 is 0 Å². The largest absolute Gasteiger partial charge is 0.276 e. The summed E-state index contributed by atoms with van der Waals surface area (Å²) in [4.78, 5) is 10.2. The number of fused-ring (bicyclic) bond motifs is 13. The van der Waals surface area contributed by atoms with Gasteiger partial charge in [-0.15, -0.1) is 0 Å². The molecule has 216 valence electrons. The molecule has 0 unspecified atom stereocenters. The highest BCUT2D eigenvalue weighted by Gasteiger charge is 2.35. The third kappa shape index (κ3) is 2.91. The molecular formula is C41H27N5. The molecule has 5 nitrogen and oxygen atoms in total. The van der Waals surface area contributed by atoms with Crippen LogP contribution in [0.4, 0.5) is 0 Å². The fourth-order valence-corrected chi connectivity index (χ4v) is 8.17. The van der Waals surface area contributed by atoms with Crippen LogP contribution in [0.3, 0.4) is 0 Å². The van der Waals surface area contributed by atoms with Gasteiger partial charge in [0.05, 0.1) is 33.1 Å². The van der Waals surface area contributed by atoms with Gasteiger partial charge in [-0.25, -0.2) is 14.4 Å². The van der Waals surface area contributed by atoms with E-state index in [1.54, 1.807) is 0 Å². The van der Waals surface area contributed by atoms with Crippen LogP contribution in [0.15, 0.2) is 127 Å². The van der Waals surface area contributed by atoms with Gasteiger partial charge in [-0.2, -0.15) is 0 Å². The smallest absolute Gasteiger partial charge is 0.223 e. The first-order valence-electron chi connectivity index (χ1n) is 15.9. The third-order valence-electron chi connectivity index (χ3n) is 10.4. The average Bonchev–Trinajstić information content (AvgIpc) is 3.86. The summed E-state index contributed by atoms with van der Waals surface area (Å²) in [6.07, 6.45) is 0. The van der Waals surface area contributed by atoms with Crippen molar-refractivity contribution in [1.29, 1.82) is 0 Å². The third-order valence-corrected chi connectivity index (χ3v) is 10.4. The summed E-state index contributed by atoms with van der Waals surface area (Å²) in [6, 6.07) is 46.2. The fraction of sp³-hybridized carbons (Fsp3) is 0.0732. The second-order valence-electron chi connectivity index (χ2n) is 13.2. The summed E-state index contributed by atoms with van der Waals surface area (Å²) in [5, 5.41) is 0. The number of aromatic nitrogens is 5. The van der Waals surface area contributed by atoms with Gasteiger partial charge in [-0.05, 0) is 87.0 Å². The molecule has 0 radical (unpaired) electrons. The van der Waals surface area contributed by atoms with Crippen molar-refractivity contribution >= 4 is 50.2 Å². The van der Waals surface area contributed by atoms with Crippen molar-refractivity contribution in [3.8, 4) is 33.4 Å². The lowest BCUT2D eigenvalue weighted by molar-refractivity contribution is 0.660. The number of rotatable bonds is 2. The molecule has 1 aliphatic rings. The summed E-state index contributed by atoms with van der Waals surface area (Å²) in [6.45, 7) is 4.68. The van der Waals surface area contributed by atoms with Crippen molar-refractivity contribution < 1.29 is 0 Å². The molecule has 0 bridgehead atoms. The molecule has 1 aliphatic carbocycles. The van der Waals surface area contributed by atoms with Crippen LogP contribution in [0.5, 0.6) is 0 Å². The normalized spacial score (nSPS) is 14.0. The molecule has 0 N–H and O–H groups in total. The van der Waals surface area contributed by atoms with Crippen LogP contribution in [-0.2, 0) is 5.41 Å². The summed E-state index contributed by atoms with van der Waals surface area (Å²) in [5.74, 6) is 1.78. The van der Waals surface area contributed by atoms with E-state index in [-0.39, 0.29) is 5.41 Å². The average molecular weight is 590 g/mol. The Bertz CT molecular complexity index is 2760. The lowest BCUT2D eigenvalue weighted by Gasteiger charge is -2.22. The maximum atomic E-state index is 5.09. The van der Waals surface area contributed by atoms with Crippen LogP contribution in [0.25, 0.3) is 83.6 Å². The quantitative estimate of drug-likeness (QED) is 0.201. The van der Waals surface area contributed by atoms with E-state index >= 15 is 0 Å². The van der Waals surface area contributed by atoms with Gasteiger partial charge >= 0.3 is 0 Å². The van der Waals surface area contributed by atoms with Crippen LogP contribution < -0.4 is 0 Å². The topological polar surface area (TPSA) is 39.0 Å². The highest BCUT2D eigenvalue weighted by molar-refractivity contribution is 6.06. The minimum Gasteiger partial charge on any atom is -0.276 e. The molecule has 0 fully saturated rings. The molecule has 10 aromatic rings. The Labute approximate surface area is 264 Å². The number of hydrogen-bond donors (Lipinski definition) is 0. The molecule has 46 heavy (non-hydrogen) atoms. The molecular weight excluding hydrogens is 562 g/mol.